The third-order valence-corrected chi connectivity index (χ3v) is 15.7. The fourth-order valence-corrected chi connectivity index (χ4v) is 11.2. The van der Waals surface area contributed by atoms with Gasteiger partial charge in [-0.1, -0.05) is 142 Å². The molecule has 24 nitrogen and oxygen atoms in total. The minimum absolute atomic E-state index is 0.0342. The average molecular weight is 1090 g/mol. The van der Waals surface area contributed by atoms with Crippen molar-refractivity contribution in [2.45, 2.75) is 180 Å². The highest BCUT2D eigenvalue weighted by atomic mass is 32.2. The van der Waals surface area contributed by atoms with Gasteiger partial charge in [-0.15, -0.1) is 0 Å². The number of phosphoric ester groups is 3. The molecule has 1 aliphatic heterocycles. The maximum atomic E-state index is 12.8. The Morgan fingerprint density at radius 2 is 1.38 bits per heavy atom. The molecule has 2 aromatic heterocycles. The molecule has 3 heterocycles. The number of carbonyl (C=O) groups excluding carboxylic acids is 3. The van der Waals surface area contributed by atoms with Gasteiger partial charge in [-0.25, -0.2) is 28.6 Å². The van der Waals surface area contributed by atoms with Crippen molar-refractivity contribution in [3.05, 3.63) is 12.7 Å². The second-order valence-electron chi connectivity index (χ2n) is 18.9. The third kappa shape index (κ3) is 24.6. The first kappa shape index (κ1) is 62.9. The van der Waals surface area contributed by atoms with E-state index in [4.69, 9.17) is 19.5 Å². The van der Waals surface area contributed by atoms with E-state index in [2.05, 4.69) is 48.3 Å². The lowest BCUT2D eigenvalue weighted by molar-refractivity contribution is -0.137. The zero-order valence-corrected chi connectivity index (χ0v) is 44.9. The number of nitrogen functional groups attached to an aromatic ring is 1. The second-order valence-corrected chi connectivity index (χ2v) is 24.3. The number of aromatic nitrogens is 4. The van der Waals surface area contributed by atoms with Crippen LogP contribution < -0.4 is 16.4 Å². The summed E-state index contributed by atoms with van der Waals surface area (Å²) in [6.07, 6.45) is 15.2. The SMILES string of the molecule is CC(C)CCCCCCCCCCCCCCCCCCC(=O)SCCNC(=O)CCNC(=O)C(O)C(C)(C)COP(=O)(O)OP(=O)(O)OCC1OC(n2cnc3c(N)ncnc32)C(O)C1OP(=O)(O)O. The monoisotopic (exact) mass is 1090 g/mol. The largest absolute Gasteiger partial charge is 0.481 e. The highest BCUT2D eigenvalue weighted by Gasteiger charge is 2.50. The number of amides is 2. The molecule has 1 fully saturated rings. The molecule has 2 aromatic rings. The molecule has 71 heavy (non-hydrogen) atoms. The molecule has 1 aliphatic rings. The number of thioether (sulfide) groups is 1. The Balaban J connectivity index is 1.25. The minimum atomic E-state index is -5.58. The Kier molecular flexibility index (Phi) is 27.8. The topological polar surface area (TPSA) is 364 Å². The molecule has 0 bridgehead atoms. The summed E-state index contributed by atoms with van der Waals surface area (Å²) in [6, 6.07) is 0. The van der Waals surface area contributed by atoms with Crippen molar-refractivity contribution in [3.63, 3.8) is 0 Å². The van der Waals surface area contributed by atoms with Crippen LogP contribution in [0.15, 0.2) is 12.7 Å². The molecule has 2 amide bonds. The summed E-state index contributed by atoms with van der Waals surface area (Å²) < 4.78 is 62.5. The van der Waals surface area contributed by atoms with Crippen molar-refractivity contribution < 1.29 is 80.5 Å². The lowest BCUT2D eigenvalue weighted by atomic mass is 9.87. The van der Waals surface area contributed by atoms with Crippen LogP contribution in [0.1, 0.15) is 156 Å². The predicted octanol–water partition coefficient (Wildman–Crippen LogP) is 6.34. The van der Waals surface area contributed by atoms with Crippen molar-refractivity contribution in [2.24, 2.45) is 11.3 Å². The van der Waals surface area contributed by atoms with Gasteiger partial charge in [-0.3, -0.25) is 32.5 Å². The molecule has 1 saturated heterocycles. The van der Waals surface area contributed by atoms with E-state index in [1.165, 1.54) is 104 Å². The van der Waals surface area contributed by atoms with Gasteiger partial charge >= 0.3 is 23.5 Å². The molecule has 3 rings (SSSR count). The third-order valence-electron chi connectivity index (χ3n) is 11.7. The number of imidazole rings is 1. The van der Waals surface area contributed by atoms with Crippen LogP contribution in [0, 0.1) is 11.3 Å². The summed E-state index contributed by atoms with van der Waals surface area (Å²) >= 11 is 1.16. The van der Waals surface area contributed by atoms with Crippen LogP contribution in [0.2, 0.25) is 0 Å². The van der Waals surface area contributed by atoms with E-state index in [1.54, 1.807) is 0 Å². The smallest absolute Gasteiger partial charge is 0.386 e. The normalized spacial score (nSPS) is 19.7. The molecule has 0 saturated carbocycles. The van der Waals surface area contributed by atoms with Crippen molar-refractivity contribution >= 4 is 69.1 Å². The Morgan fingerprint density at radius 1 is 0.817 bits per heavy atom. The predicted molar refractivity (Wildman–Crippen MR) is 265 cm³/mol. The number of anilines is 1. The molecule has 7 atom stereocenters. The van der Waals surface area contributed by atoms with Gasteiger partial charge in [0.25, 0.3) is 0 Å². The molecule has 10 N–H and O–H groups in total. The Bertz CT molecular complexity index is 2080. The van der Waals surface area contributed by atoms with E-state index in [-0.39, 0.29) is 41.6 Å². The number of nitrogens with one attached hydrogen (secondary N) is 2. The quantitative estimate of drug-likeness (QED) is 0.0261. The van der Waals surface area contributed by atoms with E-state index in [1.807, 2.05) is 0 Å². The number of rotatable bonds is 38. The number of unbranched alkanes of at least 4 members (excludes halogenated alkanes) is 15. The maximum absolute atomic E-state index is 12.8. The number of nitrogens with zero attached hydrogens (tertiary/aromatic N) is 4. The zero-order chi connectivity index (χ0) is 52.7. The highest BCUT2D eigenvalue weighted by Crippen LogP contribution is 2.61. The van der Waals surface area contributed by atoms with Crippen LogP contribution >= 0.6 is 35.2 Å². The second kappa shape index (κ2) is 31.4. The number of hydrogen-bond donors (Lipinski definition) is 9. The first-order valence-electron chi connectivity index (χ1n) is 24.5. The van der Waals surface area contributed by atoms with Gasteiger partial charge < -0.3 is 50.9 Å². The first-order chi connectivity index (χ1) is 33.4. The van der Waals surface area contributed by atoms with Gasteiger partial charge in [-0.2, -0.15) is 4.31 Å². The summed E-state index contributed by atoms with van der Waals surface area (Å²) in [5, 5.41) is 26.7. The number of carbonyl (C=O) groups is 3. The molecule has 0 aliphatic carbocycles. The molecule has 28 heteroatoms. The summed E-state index contributed by atoms with van der Waals surface area (Å²) in [5.41, 5.74) is 4.29. The summed E-state index contributed by atoms with van der Waals surface area (Å²) in [4.78, 5) is 88.5. The van der Waals surface area contributed by atoms with Crippen molar-refractivity contribution in [2.75, 3.05) is 37.8 Å². The van der Waals surface area contributed by atoms with Gasteiger partial charge in [0, 0.05) is 37.1 Å². The summed E-state index contributed by atoms with van der Waals surface area (Å²) in [7, 11) is -16.4. The van der Waals surface area contributed by atoms with Crippen LogP contribution in [0.5, 0.6) is 0 Å². The van der Waals surface area contributed by atoms with Gasteiger partial charge in [0.05, 0.1) is 19.5 Å². The van der Waals surface area contributed by atoms with Crippen molar-refractivity contribution in [1.82, 2.24) is 30.2 Å². The number of phosphoric acid groups is 3. The fraction of sp³-hybridized carbons (Fsp3) is 0.814. The van der Waals surface area contributed by atoms with Gasteiger partial charge in [0.15, 0.2) is 22.8 Å². The van der Waals surface area contributed by atoms with Crippen LogP contribution in [-0.4, -0.2) is 123 Å². The number of hydrogen-bond acceptors (Lipinski definition) is 18. The fourth-order valence-electron chi connectivity index (χ4n) is 7.66. The molecule has 0 spiro atoms. The lowest BCUT2D eigenvalue weighted by Gasteiger charge is -2.30. The minimum Gasteiger partial charge on any atom is -0.386 e. The Hall–Kier alpha value is -2.44. The number of ether oxygens (including phenoxy) is 1. The first-order valence-corrected chi connectivity index (χ1v) is 30.0. The maximum Gasteiger partial charge on any atom is 0.481 e. The van der Waals surface area contributed by atoms with E-state index in [0.29, 0.717) is 12.2 Å². The van der Waals surface area contributed by atoms with Gasteiger partial charge in [0.1, 0.15) is 36.3 Å². The van der Waals surface area contributed by atoms with Crippen LogP contribution in [0.25, 0.3) is 11.2 Å². The summed E-state index contributed by atoms with van der Waals surface area (Å²) in [6.45, 7) is 5.18. The molecule has 408 valence electrons. The lowest BCUT2D eigenvalue weighted by Crippen LogP contribution is -2.46. The van der Waals surface area contributed by atoms with Crippen LogP contribution in [0.3, 0.4) is 0 Å². The Labute approximate surface area is 420 Å². The molecular weight excluding hydrogens is 1010 g/mol. The van der Waals surface area contributed by atoms with E-state index in [0.717, 1.165) is 54.2 Å². The van der Waals surface area contributed by atoms with Crippen LogP contribution in [-0.2, 0) is 50.7 Å². The zero-order valence-electron chi connectivity index (χ0n) is 41.4. The average Bonchev–Trinajstić information content (AvgIpc) is 3.85. The van der Waals surface area contributed by atoms with E-state index in [9.17, 15) is 57.9 Å². The van der Waals surface area contributed by atoms with Crippen LogP contribution in [0.4, 0.5) is 5.82 Å². The number of fused-ring (bicyclic) bond motifs is 1. The van der Waals surface area contributed by atoms with Crippen molar-refractivity contribution in [1.29, 1.82) is 0 Å². The van der Waals surface area contributed by atoms with E-state index >= 15 is 0 Å². The molecule has 0 radical (unpaired) electrons. The van der Waals surface area contributed by atoms with Gasteiger partial charge in [0.2, 0.25) is 11.8 Å². The number of nitrogens with two attached hydrogens (primary N) is 1. The molecular formula is C43H78N7O17P3S. The molecule has 7 unspecified atom stereocenters. The Morgan fingerprint density at radius 3 is 1.96 bits per heavy atom. The standard InChI is InChI=1S/C43H78N7O17P3S/c1-31(2)21-19-17-15-13-11-9-7-5-6-8-10-12-14-16-18-20-22-34(52)71-26-25-45-33(51)23-24-46-41(55)38(54)43(3,4)28-64-70(61,62)67-69(59,60)63-27-32-37(66-68(56,57)58)36(53)42(65-32)50-30-49-35-39(44)47-29-48-40(35)50/h29-32,36-38,42,53-54H,5-28H2,1-4H3,(H,45,51)(H,46,55)(H,59,60)(H,61,62)(H2,44,47,48)(H2,56,57,58). The number of aliphatic hydroxyl groups is 2. The van der Waals surface area contributed by atoms with Crippen molar-refractivity contribution in [3.8, 4) is 0 Å². The van der Waals surface area contributed by atoms with Gasteiger partial charge in [-0.05, 0) is 12.3 Å². The van der Waals surface area contributed by atoms with E-state index < -0.39 is 84.6 Å². The highest BCUT2D eigenvalue weighted by molar-refractivity contribution is 8.13. The summed E-state index contributed by atoms with van der Waals surface area (Å²) in [5.74, 6) is -0.194. The number of aliphatic hydroxyl groups excluding tert-OH is 2. The molecule has 0 aromatic carbocycles.